The molecule has 0 aromatic carbocycles. The fraction of sp³-hybridized carbons (Fsp3) is 0.438. The minimum absolute atomic E-state index is 0.0475. The van der Waals surface area contributed by atoms with Crippen molar-refractivity contribution in [3.8, 4) is 0 Å². The van der Waals surface area contributed by atoms with Crippen molar-refractivity contribution in [1.29, 1.82) is 0 Å². The van der Waals surface area contributed by atoms with Gasteiger partial charge in [-0.1, -0.05) is 12.5 Å². The SMILES string of the molecule is O=C([C@@H]1CCCCN1)N(Cc1ccco1)Cc1cccs1. The van der Waals surface area contributed by atoms with E-state index < -0.39 is 0 Å². The Balaban J connectivity index is 1.72. The Hall–Kier alpha value is -1.59. The van der Waals surface area contributed by atoms with Gasteiger partial charge >= 0.3 is 0 Å². The molecule has 0 bridgehead atoms. The van der Waals surface area contributed by atoms with Crippen molar-refractivity contribution in [2.45, 2.75) is 38.4 Å². The van der Waals surface area contributed by atoms with Crippen molar-refractivity contribution in [2.75, 3.05) is 6.54 Å². The summed E-state index contributed by atoms with van der Waals surface area (Å²) < 4.78 is 5.41. The number of piperidine rings is 1. The molecule has 0 unspecified atom stereocenters. The highest BCUT2D eigenvalue weighted by Crippen LogP contribution is 2.18. The number of hydrogen-bond donors (Lipinski definition) is 1. The summed E-state index contributed by atoms with van der Waals surface area (Å²) in [5.74, 6) is 1.01. The summed E-state index contributed by atoms with van der Waals surface area (Å²) in [4.78, 5) is 15.9. The molecule has 0 saturated carbocycles. The van der Waals surface area contributed by atoms with E-state index in [1.807, 2.05) is 28.5 Å². The Labute approximate surface area is 128 Å². The molecule has 1 aliphatic rings. The molecule has 112 valence electrons. The molecular weight excluding hydrogens is 284 g/mol. The van der Waals surface area contributed by atoms with Crippen LogP contribution in [0.15, 0.2) is 40.3 Å². The zero-order chi connectivity index (χ0) is 14.5. The fourth-order valence-corrected chi connectivity index (χ4v) is 3.40. The van der Waals surface area contributed by atoms with Crippen LogP contribution in [-0.4, -0.2) is 23.4 Å². The topological polar surface area (TPSA) is 45.5 Å². The average molecular weight is 304 g/mol. The minimum Gasteiger partial charge on any atom is -0.467 e. The van der Waals surface area contributed by atoms with Crippen molar-refractivity contribution in [1.82, 2.24) is 10.2 Å². The molecule has 1 N–H and O–H groups in total. The molecule has 1 saturated heterocycles. The summed E-state index contributed by atoms with van der Waals surface area (Å²) in [6, 6.07) is 7.83. The van der Waals surface area contributed by atoms with Gasteiger partial charge in [0.15, 0.2) is 0 Å². The Bertz CT molecular complexity index is 509. The van der Waals surface area contributed by atoms with E-state index in [-0.39, 0.29) is 11.9 Å². The van der Waals surface area contributed by atoms with Crippen molar-refractivity contribution >= 4 is 17.2 Å². The van der Waals surface area contributed by atoms with Gasteiger partial charge in [0, 0.05) is 4.88 Å². The number of thiophene rings is 1. The lowest BCUT2D eigenvalue weighted by Crippen LogP contribution is -2.47. The maximum atomic E-state index is 12.8. The molecule has 1 aliphatic heterocycles. The average Bonchev–Trinajstić information content (AvgIpc) is 3.20. The molecule has 2 aromatic heterocycles. The Morgan fingerprint density at radius 1 is 1.33 bits per heavy atom. The lowest BCUT2D eigenvalue weighted by molar-refractivity contribution is -0.135. The highest BCUT2D eigenvalue weighted by atomic mass is 32.1. The molecule has 2 aromatic rings. The maximum absolute atomic E-state index is 12.8. The van der Waals surface area contributed by atoms with Crippen molar-refractivity contribution in [3.63, 3.8) is 0 Å². The van der Waals surface area contributed by atoms with Crippen molar-refractivity contribution < 1.29 is 9.21 Å². The van der Waals surface area contributed by atoms with Gasteiger partial charge in [0.2, 0.25) is 5.91 Å². The first kappa shape index (κ1) is 14.4. The summed E-state index contributed by atoms with van der Waals surface area (Å²) in [7, 11) is 0. The molecule has 3 heterocycles. The maximum Gasteiger partial charge on any atom is 0.240 e. The smallest absolute Gasteiger partial charge is 0.240 e. The standard InChI is InChI=1S/C16H20N2O2S/c19-16(15-7-1-2-8-17-15)18(11-13-5-3-9-20-13)12-14-6-4-10-21-14/h3-6,9-10,15,17H,1-2,7-8,11-12H2/t15-/m0/s1. The zero-order valence-electron chi connectivity index (χ0n) is 12.0. The summed E-state index contributed by atoms with van der Waals surface area (Å²) >= 11 is 1.68. The predicted octanol–water partition coefficient (Wildman–Crippen LogP) is 3.01. The molecule has 4 nitrogen and oxygen atoms in total. The van der Waals surface area contributed by atoms with Gasteiger partial charge < -0.3 is 14.6 Å². The first-order valence-corrected chi connectivity index (χ1v) is 8.28. The van der Waals surface area contributed by atoms with Gasteiger partial charge in [-0.25, -0.2) is 0 Å². The fourth-order valence-electron chi connectivity index (χ4n) is 2.68. The van der Waals surface area contributed by atoms with Gasteiger partial charge in [-0.15, -0.1) is 11.3 Å². The van der Waals surface area contributed by atoms with E-state index in [0.29, 0.717) is 13.1 Å². The van der Waals surface area contributed by atoms with Crippen molar-refractivity contribution in [3.05, 3.63) is 46.5 Å². The first-order chi connectivity index (χ1) is 10.3. The molecule has 1 fully saturated rings. The summed E-state index contributed by atoms with van der Waals surface area (Å²) in [6.45, 7) is 2.11. The monoisotopic (exact) mass is 304 g/mol. The molecular formula is C16H20N2O2S. The van der Waals surface area contributed by atoms with Crippen LogP contribution in [0, 0.1) is 0 Å². The number of rotatable bonds is 5. The van der Waals surface area contributed by atoms with Gasteiger partial charge in [0.1, 0.15) is 5.76 Å². The van der Waals surface area contributed by atoms with E-state index in [1.54, 1.807) is 17.6 Å². The van der Waals surface area contributed by atoms with Crippen LogP contribution >= 0.6 is 11.3 Å². The normalized spacial score (nSPS) is 18.6. The number of nitrogens with one attached hydrogen (secondary N) is 1. The first-order valence-electron chi connectivity index (χ1n) is 7.40. The summed E-state index contributed by atoms with van der Waals surface area (Å²) in [5, 5.41) is 5.39. The molecule has 1 atom stereocenters. The third-order valence-electron chi connectivity index (χ3n) is 3.77. The third-order valence-corrected chi connectivity index (χ3v) is 4.63. The molecule has 0 aliphatic carbocycles. The van der Waals surface area contributed by atoms with Crippen LogP contribution in [0.1, 0.15) is 29.9 Å². The highest BCUT2D eigenvalue weighted by Gasteiger charge is 2.26. The van der Waals surface area contributed by atoms with E-state index in [4.69, 9.17) is 4.42 Å². The number of amides is 1. The molecule has 5 heteroatoms. The number of carbonyl (C=O) groups excluding carboxylic acids is 1. The third kappa shape index (κ3) is 3.74. The van der Waals surface area contributed by atoms with Crippen LogP contribution in [0.3, 0.4) is 0 Å². The second kappa shape index (κ2) is 6.91. The number of carbonyl (C=O) groups is 1. The lowest BCUT2D eigenvalue weighted by Gasteiger charge is -2.29. The van der Waals surface area contributed by atoms with Crippen LogP contribution in [0.5, 0.6) is 0 Å². The van der Waals surface area contributed by atoms with Crippen LogP contribution in [0.25, 0.3) is 0 Å². The van der Waals surface area contributed by atoms with E-state index in [2.05, 4.69) is 11.4 Å². The van der Waals surface area contributed by atoms with Crippen LogP contribution in [-0.2, 0) is 17.9 Å². The summed E-state index contributed by atoms with van der Waals surface area (Å²) in [6.07, 6.45) is 4.86. The highest BCUT2D eigenvalue weighted by molar-refractivity contribution is 7.09. The molecule has 1 amide bonds. The van der Waals surface area contributed by atoms with Crippen molar-refractivity contribution in [2.24, 2.45) is 0 Å². The van der Waals surface area contributed by atoms with Gasteiger partial charge in [-0.3, -0.25) is 4.79 Å². The van der Waals surface area contributed by atoms with Gasteiger partial charge in [-0.2, -0.15) is 0 Å². The molecule has 0 radical (unpaired) electrons. The second-order valence-corrected chi connectivity index (χ2v) is 6.39. The van der Waals surface area contributed by atoms with Crippen LogP contribution in [0.2, 0.25) is 0 Å². The number of hydrogen-bond acceptors (Lipinski definition) is 4. The Kier molecular flexibility index (Phi) is 4.72. The zero-order valence-corrected chi connectivity index (χ0v) is 12.8. The minimum atomic E-state index is -0.0475. The quantitative estimate of drug-likeness (QED) is 0.923. The Morgan fingerprint density at radius 3 is 2.95 bits per heavy atom. The summed E-state index contributed by atoms with van der Waals surface area (Å²) in [5.41, 5.74) is 0. The van der Waals surface area contributed by atoms with Gasteiger partial charge in [0.05, 0.1) is 25.4 Å². The second-order valence-electron chi connectivity index (χ2n) is 5.36. The molecule has 21 heavy (non-hydrogen) atoms. The number of furan rings is 1. The number of nitrogens with zero attached hydrogens (tertiary/aromatic N) is 1. The lowest BCUT2D eigenvalue weighted by atomic mass is 10.0. The van der Waals surface area contributed by atoms with E-state index in [9.17, 15) is 4.79 Å². The van der Waals surface area contributed by atoms with Gasteiger partial charge in [0.25, 0.3) is 0 Å². The molecule has 0 spiro atoms. The largest absolute Gasteiger partial charge is 0.467 e. The predicted molar refractivity (Wildman–Crippen MR) is 82.9 cm³/mol. The van der Waals surface area contributed by atoms with Crippen LogP contribution < -0.4 is 5.32 Å². The molecule has 3 rings (SSSR count). The van der Waals surface area contributed by atoms with E-state index in [1.165, 1.54) is 4.88 Å². The van der Waals surface area contributed by atoms with E-state index in [0.717, 1.165) is 31.6 Å². The Morgan fingerprint density at radius 2 is 2.29 bits per heavy atom. The van der Waals surface area contributed by atoms with E-state index >= 15 is 0 Å². The van der Waals surface area contributed by atoms with Crippen LogP contribution in [0.4, 0.5) is 0 Å². The van der Waals surface area contributed by atoms with Gasteiger partial charge in [-0.05, 0) is 43.0 Å².